The van der Waals surface area contributed by atoms with Crippen molar-refractivity contribution in [1.29, 1.82) is 0 Å². The van der Waals surface area contributed by atoms with Crippen molar-refractivity contribution in [2.45, 2.75) is 55.4 Å². The molecule has 0 spiro atoms. The molecule has 0 aliphatic rings. The molecule has 1 aromatic heterocycles. The second-order valence-corrected chi connectivity index (χ2v) is 40.0. The first kappa shape index (κ1) is 29.8. The normalized spacial score (nSPS) is 10.4. The van der Waals surface area contributed by atoms with Crippen molar-refractivity contribution < 1.29 is 0 Å². The summed E-state index contributed by atoms with van der Waals surface area (Å²) in [5, 5.41) is 0. The fourth-order valence-electron chi connectivity index (χ4n) is 3.34. The molecule has 0 aromatic carbocycles. The SMILES string of the molecule is CCN(CC)C(=c1[se][se][se]c(=C(N(CC)CC)N(CC)CC)[se][se][se]1)N(CC)CC. The molecule has 0 atom stereocenters. The number of rotatable bonds is 12. The van der Waals surface area contributed by atoms with Gasteiger partial charge in [-0.25, -0.2) is 0 Å². The maximum absolute atomic E-state index is 2.66. The van der Waals surface area contributed by atoms with Crippen LogP contribution >= 0.6 is 0 Å². The summed E-state index contributed by atoms with van der Waals surface area (Å²) in [6, 6.07) is 0. The van der Waals surface area contributed by atoms with Crippen molar-refractivity contribution in [3.8, 4) is 0 Å². The molecule has 1 rings (SSSR count). The van der Waals surface area contributed by atoms with E-state index in [0.29, 0.717) is 0 Å². The molecule has 0 saturated heterocycles. The Hall–Kier alpha value is 1.80. The van der Waals surface area contributed by atoms with E-state index in [2.05, 4.69) is 75.0 Å². The summed E-state index contributed by atoms with van der Waals surface area (Å²) in [6.45, 7) is 27.9. The summed E-state index contributed by atoms with van der Waals surface area (Å²) in [4.78, 5) is 10.6. The van der Waals surface area contributed by atoms with Gasteiger partial charge in [-0.1, -0.05) is 0 Å². The number of hydrogen-bond acceptors (Lipinski definition) is 4. The number of nitrogens with zero attached hydrogens (tertiary/aromatic N) is 4. The first-order valence-electron chi connectivity index (χ1n) is 11.1. The van der Waals surface area contributed by atoms with Crippen LogP contribution in [0.1, 0.15) is 55.4 Å². The fourth-order valence-corrected chi connectivity index (χ4v) is 84.3. The van der Waals surface area contributed by atoms with E-state index < -0.39 is 0 Å². The average Bonchev–Trinajstić information content (AvgIpc) is 2.75. The van der Waals surface area contributed by atoms with Gasteiger partial charge in [-0.3, -0.25) is 0 Å². The molecule has 0 aliphatic heterocycles. The summed E-state index contributed by atoms with van der Waals surface area (Å²) in [5.74, 6) is 3.31. The average molecular weight is 810 g/mol. The Morgan fingerprint density at radius 3 is 0.800 bits per heavy atom. The zero-order chi connectivity index (χ0) is 22.5. The molecule has 0 N–H and O–H groups in total. The van der Waals surface area contributed by atoms with E-state index in [9.17, 15) is 0 Å². The summed E-state index contributed by atoms with van der Waals surface area (Å²) in [7, 11) is 1.61. The van der Waals surface area contributed by atoms with Crippen LogP contribution in [0.15, 0.2) is 0 Å². The number of hydrogen-bond donors (Lipinski definition) is 0. The van der Waals surface area contributed by atoms with Crippen LogP contribution in [0.4, 0.5) is 0 Å². The maximum atomic E-state index is 2.66. The molecule has 0 amide bonds. The molecular formula is C20H40N4Se6. The molecule has 0 bridgehead atoms. The minimum absolute atomic E-state index is 0.731. The summed E-state index contributed by atoms with van der Waals surface area (Å²) < 4.78 is 3.83. The van der Waals surface area contributed by atoms with Gasteiger partial charge in [0.25, 0.3) is 0 Å². The molecule has 0 fully saturated rings. The predicted molar refractivity (Wildman–Crippen MR) is 141 cm³/mol. The van der Waals surface area contributed by atoms with Crippen molar-refractivity contribution in [1.82, 2.24) is 19.6 Å². The molecule has 0 saturated carbocycles. The van der Waals surface area contributed by atoms with E-state index in [1.54, 1.807) is 11.6 Å². The first-order valence-corrected chi connectivity index (χ1v) is 31.8. The third-order valence-electron chi connectivity index (χ3n) is 5.06. The molecule has 0 aliphatic carbocycles. The van der Waals surface area contributed by atoms with Crippen LogP contribution in [0.2, 0.25) is 0 Å². The van der Waals surface area contributed by atoms with E-state index >= 15 is 0 Å². The van der Waals surface area contributed by atoms with Gasteiger partial charge in [-0.15, -0.1) is 0 Å². The summed E-state index contributed by atoms with van der Waals surface area (Å²) in [6.07, 6.45) is 0. The summed E-state index contributed by atoms with van der Waals surface area (Å²) >= 11 is 2.92. The van der Waals surface area contributed by atoms with Gasteiger partial charge in [-0.2, -0.15) is 0 Å². The van der Waals surface area contributed by atoms with Crippen molar-refractivity contribution >= 4 is 83.7 Å². The van der Waals surface area contributed by atoms with E-state index in [1.807, 2.05) is 5.93 Å². The molecule has 176 valence electrons. The van der Waals surface area contributed by atoms with Gasteiger partial charge >= 0.3 is 217 Å². The Bertz CT molecular complexity index is 643. The Labute approximate surface area is 214 Å². The minimum atomic E-state index is 0.731. The van der Waals surface area contributed by atoms with Crippen molar-refractivity contribution in [2.24, 2.45) is 0 Å². The van der Waals surface area contributed by atoms with Crippen LogP contribution in [0.3, 0.4) is 0 Å². The molecule has 0 unspecified atom stereocenters. The van der Waals surface area contributed by atoms with E-state index in [1.165, 1.54) is 0 Å². The van der Waals surface area contributed by atoms with Crippen LogP contribution in [-0.4, -0.2) is 144 Å². The van der Waals surface area contributed by atoms with Crippen LogP contribution in [0.5, 0.6) is 0 Å². The Kier molecular flexibility index (Phi) is 17.2. The quantitative estimate of drug-likeness (QED) is 0.271. The van der Waals surface area contributed by atoms with Gasteiger partial charge in [0.05, 0.1) is 0 Å². The van der Waals surface area contributed by atoms with Gasteiger partial charge in [0.1, 0.15) is 0 Å². The molecule has 4 nitrogen and oxygen atoms in total. The predicted octanol–water partition coefficient (Wildman–Crippen LogP) is -0.224. The Balaban J connectivity index is 3.80. The molecule has 10 heteroatoms. The van der Waals surface area contributed by atoms with Gasteiger partial charge in [-0.05, 0) is 0 Å². The Morgan fingerprint density at radius 2 is 0.633 bits per heavy atom. The van der Waals surface area contributed by atoms with Gasteiger partial charge in [0, 0.05) is 0 Å². The van der Waals surface area contributed by atoms with Crippen molar-refractivity contribution in [3.05, 3.63) is 5.93 Å². The van der Waals surface area contributed by atoms with Crippen LogP contribution in [0, 0.1) is 0 Å². The molecule has 30 heavy (non-hydrogen) atoms. The second-order valence-electron chi connectivity index (χ2n) is 6.38. The molecule has 0 radical (unpaired) electrons. The van der Waals surface area contributed by atoms with Crippen LogP contribution < -0.4 is 5.93 Å². The van der Waals surface area contributed by atoms with E-state index in [4.69, 9.17) is 0 Å². The monoisotopic (exact) mass is 816 g/mol. The van der Waals surface area contributed by atoms with Gasteiger partial charge in [0.2, 0.25) is 0 Å². The molecule has 1 heterocycles. The molecular weight excluding hydrogens is 770 g/mol. The van der Waals surface area contributed by atoms with E-state index in [-0.39, 0.29) is 0 Å². The van der Waals surface area contributed by atoms with Crippen LogP contribution in [-0.2, 0) is 0 Å². The first-order chi connectivity index (χ1) is 14.6. The van der Waals surface area contributed by atoms with Gasteiger partial charge < -0.3 is 0 Å². The van der Waals surface area contributed by atoms with Crippen molar-refractivity contribution in [3.63, 3.8) is 0 Å². The molecule has 1 aromatic rings. The van der Waals surface area contributed by atoms with Crippen molar-refractivity contribution in [2.75, 3.05) is 52.4 Å². The third-order valence-corrected chi connectivity index (χ3v) is 48.8. The topological polar surface area (TPSA) is 13.0 Å². The van der Waals surface area contributed by atoms with Gasteiger partial charge in [0.15, 0.2) is 0 Å². The standard InChI is InChI=1S/C20H40N4Se6/c1-9-21(10-2)17(22(11-3)12-4)19-25-29-27-20(28-30-26-19)18(23(13-5)14-6)24(15-7)16-8/h9-16H2,1-8H3. The van der Waals surface area contributed by atoms with Crippen LogP contribution in [0.25, 0.3) is 11.6 Å². The fraction of sp³-hybridized carbons (Fsp3) is 0.800. The Morgan fingerprint density at radius 1 is 0.433 bits per heavy atom. The van der Waals surface area contributed by atoms with E-state index in [0.717, 1.165) is 124 Å². The second kappa shape index (κ2) is 17.3. The third kappa shape index (κ3) is 8.54. The zero-order valence-corrected chi connectivity index (χ0v) is 30.2. The zero-order valence-electron chi connectivity index (χ0n) is 19.9. The summed E-state index contributed by atoms with van der Waals surface area (Å²) in [5.41, 5.74) is 0.